The summed E-state index contributed by atoms with van der Waals surface area (Å²) >= 11 is 1.16. The van der Waals surface area contributed by atoms with Gasteiger partial charge in [0.2, 0.25) is 0 Å². The molecule has 0 radical (unpaired) electrons. The number of hydrogen-bond donors (Lipinski definition) is 2. The zero-order valence-electron chi connectivity index (χ0n) is 18.5. The molecule has 0 bridgehead atoms. The average molecular weight is 475 g/mol. The lowest BCUT2D eigenvalue weighted by Gasteiger charge is -2.16. The van der Waals surface area contributed by atoms with Crippen LogP contribution in [-0.2, 0) is 14.3 Å². The number of para-hydroxylation sites is 2. The Morgan fingerprint density at radius 1 is 0.912 bits per heavy atom. The van der Waals surface area contributed by atoms with E-state index >= 15 is 0 Å². The first-order valence-corrected chi connectivity index (χ1v) is 11.4. The highest BCUT2D eigenvalue weighted by Gasteiger charge is 2.40. The fourth-order valence-corrected chi connectivity index (χ4v) is 4.25. The minimum Gasteiger partial charge on any atom is -0.506 e. The summed E-state index contributed by atoms with van der Waals surface area (Å²) in [6.45, 7) is 3.51. The Labute approximate surface area is 201 Å². The molecule has 7 nitrogen and oxygen atoms in total. The highest BCUT2D eigenvalue weighted by molar-refractivity contribution is 8.04. The van der Waals surface area contributed by atoms with Crippen LogP contribution in [0.15, 0.2) is 94.4 Å². The summed E-state index contributed by atoms with van der Waals surface area (Å²) in [6.07, 6.45) is -0.265. The van der Waals surface area contributed by atoms with Gasteiger partial charge in [0.15, 0.2) is 0 Å². The molecule has 2 N–H and O–H groups in total. The van der Waals surface area contributed by atoms with Gasteiger partial charge in [-0.25, -0.2) is 9.69 Å². The van der Waals surface area contributed by atoms with E-state index in [0.29, 0.717) is 16.9 Å². The molecule has 0 atom stereocenters. The van der Waals surface area contributed by atoms with Gasteiger partial charge < -0.3 is 15.2 Å². The SMILES string of the molecule is CC(C)OC(=O)c1ccc(N2C(=O)C(Nc3ccccc3O)=C(Sc3ccccc3)C2=O)cc1. The summed E-state index contributed by atoms with van der Waals surface area (Å²) in [7, 11) is 0. The van der Waals surface area contributed by atoms with Crippen molar-refractivity contribution in [1.29, 1.82) is 0 Å². The predicted molar refractivity (Wildman–Crippen MR) is 131 cm³/mol. The maximum Gasteiger partial charge on any atom is 0.338 e. The van der Waals surface area contributed by atoms with Gasteiger partial charge >= 0.3 is 5.97 Å². The molecule has 8 heteroatoms. The lowest BCUT2D eigenvalue weighted by Crippen LogP contribution is -2.32. The number of thioether (sulfide) groups is 1. The fourth-order valence-electron chi connectivity index (χ4n) is 3.30. The van der Waals surface area contributed by atoms with Gasteiger partial charge in [-0.15, -0.1) is 0 Å². The second kappa shape index (κ2) is 9.84. The third-order valence-corrected chi connectivity index (χ3v) is 5.96. The van der Waals surface area contributed by atoms with Crippen molar-refractivity contribution in [3.05, 3.63) is 95.0 Å². The quantitative estimate of drug-likeness (QED) is 0.284. The number of hydrogen-bond acceptors (Lipinski definition) is 7. The number of carbonyl (C=O) groups is 3. The molecule has 3 aromatic rings. The van der Waals surface area contributed by atoms with Gasteiger partial charge in [0.25, 0.3) is 11.8 Å². The number of carbonyl (C=O) groups excluding carboxylic acids is 3. The molecule has 2 amide bonds. The van der Waals surface area contributed by atoms with E-state index in [2.05, 4.69) is 5.32 Å². The number of imide groups is 1. The summed E-state index contributed by atoms with van der Waals surface area (Å²) in [6, 6.07) is 21.8. The second-order valence-corrected chi connectivity index (χ2v) is 8.79. The summed E-state index contributed by atoms with van der Waals surface area (Å²) in [4.78, 5) is 41.0. The highest BCUT2D eigenvalue weighted by atomic mass is 32.2. The number of phenols is 1. The molecule has 1 aliphatic rings. The minimum atomic E-state index is -0.566. The van der Waals surface area contributed by atoms with Gasteiger partial charge in [-0.3, -0.25) is 9.59 Å². The molecule has 1 heterocycles. The first-order chi connectivity index (χ1) is 16.3. The smallest absolute Gasteiger partial charge is 0.338 e. The fraction of sp³-hybridized carbons (Fsp3) is 0.115. The summed E-state index contributed by atoms with van der Waals surface area (Å²) < 4.78 is 5.19. The van der Waals surface area contributed by atoms with E-state index in [9.17, 15) is 19.5 Å². The van der Waals surface area contributed by atoms with Gasteiger partial charge in [-0.2, -0.15) is 0 Å². The van der Waals surface area contributed by atoms with Crippen LogP contribution < -0.4 is 10.2 Å². The standard InChI is InChI=1S/C26H22N2O5S/c1-16(2)33-26(32)17-12-14-18(15-13-17)28-24(30)22(27-20-10-6-7-11-21(20)29)23(25(28)31)34-19-8-4-3-5-9-19/h3-16,27,29H,1-2H3. The number of esters is 1. The van der Waals surface area contributed by atoms with Crippen molar-refractivity contribution in [3.63, 3.8) is 0 Å². The van der Waals surface area contributed by atoms with Crippen molar-refractivity contribution in [2.24, 2.45) is 0 Å². The van der Waals surface area contributed by atoms with Crippen molar-refractivity contribution in [2.45, 2.75) is 24.8 Å². The number of amides is 2. The van der Waals surface area contributed by atoms with E-state index < -0.39 is 17.8 Å². The lowest BCUT2D eigenvalue weighted by atomic mass is 10.2. The Morgan fingerprint density at radius 3 is 2.21 bits per heavy atom. The van der Waals surface area contributed by atoms with E-state index in [-0.39, 0.29) is 22.5 Å². The van der Waals surface area contributed by atoms with Gasteiger partial charge in [-0.1, -0.05) is 42.1 Å². The molecule has 1 aliphatic heterocycles. The molecule has 4 rings (SSSR count). The number of nitrogens with zero attached hydrogens (tertiary/aromatic N) is 1. The number of phenolic OH excluding ortho intramolecular Hbond substituents is 1. The van der Waals surface area contributed by atoms with Crippen molar-refractivity contribution in [3.8, 4) is 5.75 Å². The number of nitrogens with one attached hydrogen (secondary N) is 1. The number of benzene rings is 3. The predicted octanol–water partition coefficient (Wildman–Crippen LogP) is 4.95. The minimum absolute atomic E-state index is 0.0502. The van der Waals surface area contributed by atoms with Crippen LogP contribution in [0.1, 0.15) is 24.2 Å². The topological polar surface area (TPSA) is 95.9 Å². The molecule has 0 unspecified atom stereocenters. The Balaban J connectivity index is 1.67. The van der Waals surface area contributed by atoms with Crippen molar-refractivity contribution in [1.82, 2.24) is 0 Å². The molecule has 0 saturated carbocycles. The molecule has 172 valence electrons. The zero-order chi connectivity index (χ0) is 24.2. The normalized spacial score (nSPS) is 13.6. The van der Waals surface area contributed by atoms with Crippen LogP contribution in [0.2, 0.25) is 0 Å². The molecule has 0 saturated heterocycles. The van der Waals surface area contributed by atoms with E-state index in [1.807, 2.05) is 30.3 Å². The molecular weight excluding hydrogens is 452 g/mol. The summed E-state index contributed by atoms with van der Waals surface area (Å²) in [5.41, 5.74) is 0.995. The van der Waals surface area contributed by atoms with Crippen LogP contribution >= 0.6 is 11.8 Å². The molecule has 0 aliphatic carbocycles. The Kier molecular flexibility index (Phi) is 6.70. The van der Waals surface area contributed by atoms with E-state index in [1.165, 1.54) is 30.3 Å². The summed E-state index contributed by atoms with van der Waals surface area (Å²) in [5.74, 6) is -1.61. The van der Waals surface area contributed by atoms with Gasteiger partial charge in [-0.05, 0) is 62.4 Å². The monoisotopic (exact) mass is 474 g/mol. The van der Waals surface area contributed by atoms with E-state index in [4.69, 9.17) is 4.74 Å². The van der Waals surface area contributed by atoms with Crippen molar-refractivity contribution >= 4 is 40.9 Å². The average Bonchev–Trinajstić information content (AvgIpc) is 3.05. The van der Waals surface area contributed by atoms with Crippen LogP contribution in [0.5, 0.6) is 5.75 Å². The van der Waals surface area contributed by atoms with Crippen molar-refractivity contribution in [2.75, 3.05) is 10.2 Å². The number of rotatable bonds is 7. The Bertz CT molecular complexity index is 1270. The molecule has 3 aromatic carbocycles. The maximum atomic E-state index is 13.4. The Hall–Kier alpha value is -4.04. The molecule has 0 aromatic heterocycles. The van der Waals surface area contributed by atoms with E-state index in [0.717, 1.165) is 21.6 Å². The molecule has 0 fully saturated rings. The second-order valence-electron chi connectivity index (χ2n) is 7.71. The van der Waals surface area contributed by atoms with Gasteiger partial charge in [0.05, 0.1) is 23.0 Å². The lowest BCUT2D eigenvalue weighted by molar-refractivity contribution is -0.120. The first kappa shape index (κ1) is 23.1. The molecule has 0 spiro atoms. The van der Waals surface area contributed by atoms with Crippen LogP contribution in [0.4, 0.5) is 11.4 Å². The third kappa shape index (κ3) is 4.82. The molecule has 34 heavy (non-hydrogen) atoms. The third-order valence-electron chi connectivity index (χ3n) is 4.87. The van der Waals surface area contributed by atoms with Gasteiger partial charge in [0, 0.05) is 4.90 Å². The zero-order valence-corrected chi connectivity index (χ0v) is 19.3. The van der Waals surface area contributed by atoms with Crippen LogP contribution in [0.3, 0.4) is 0 Å². The summed E-state index contributed by atoms with van der Waals surface area (Å²) in [5, 5.41) is 13.1. The molecular formula is C26H22N2O5S. The largest absolute Gasteiger partial charge is 0.506 e. The number of anilines is 2. The van der Waals surface area contributed by atoms with E-state index in [1.54, 1.807) is 32.0 Å². The maximum absolute atomic E-state index is 13.4. The highest BCUT2D eigenvalue weighted by Crippen LogP contribution is 2.38. The Morgan fingerprint density at radius 2 is 1.56 bits per heavy atom. The number of ether oxygens (including phenoxy) is 1. The van der Waals surface area contributed by atoms with Crippen LogP contribution in [-0.4, -0.2) is 29.0 Å². The van der Waals surface area contributed by atoms with Gasteiger partial charge in [0.1, 0.15) is 16.4 Å². The number of aromatic hydroxyl groups is 1. The van der Waals surface area contributed by atoms with Crippen LogP contribution in [0.25, 0.3) is 0 Å². The van der Waals surface area contributed by atoms with Crippen LogP contribution in [0, 0.1) is 0 Å². The first-order valence-electron chi connectivity index (χ1n) is 10.6. The van der Waals surface area contributed by atoms with Crippen molar-refractivity contribution < 1.29 is 24.2 Å².